The van der Waals surface area contributed by atoms with Crippen molar-refractivity contribution < 1.29 is 23.9 Å². The number of carbonyl (C=O) groups is 1. The Morgan fingerprint density at radius 3 is 2.56 bits per heavy atom. The lowest BCUT2D eigenvalue weighted by molar-refractivity contribution is -0.385. The number of fused-ring (bicyclic) bond motifs is 1. The average Bonchev–Trinajstić information content (AvgIpc) is 3.13. The van der Waals surface area contributed by atoms with Crippen molar-refractivity contribution in [1.82, 2.24) is 0 Å². The second-order valence-corrected chi connectivity index (χ2v) is 5.37. The van der Waals surface area contributed by atoms with E-state index in [0.717, 1.165) is 6.08 Å². The van der Waals surface area contributed by atoms with Gasteiger partial charge in [-0.2, -0.15) is 5.26 Å². The van der Waals surface area contributed by atoms with Crippen molar-refractivity contribution in [1.29, 1.82) is 5.26 Å². The number of ether oxygens (including phenoxy) is 3. The minimum absolute atomic E-state index is 0.0529. The topological polar surface area (TPSA) is 124 Å². The fourth-order valence-electron chi connectivity index (χ4n) is 2.40. The largest absolute Gasteiger partial charge is 0.497 e. The Balaban J connectivity index is 1.90. The van der Waals surface area contributed by atoms with Crippen LogP contribution in [0, 0.1) is 21.4 Å². The van der Waals surface area contributed by atoms with E-state index in [0.29, 0.717) is 17.2 Å². The van der Waals surface area contributed by atoms with E-state index in [1.54, 1.807) is 30.3 Å². The van der Waals surface area contributed by atoms with Crippen molar-refractivity contribution in [3.8, 4) is 23.3 Å². The number of nitriles is 1. The number of benzene rings is 2. The zero-order valence-corrected chi connectivity index (χ0v) is 14.1. The predicted octanol–water partition coefficient (Wildman–Crippen LogP) is 2.88. The number of nitrogens with zero attached hydrogens (tertiary/aromatic N) is 2. The molecular weight excluding hydrogens is 354 g/mol. The van der Waals surface area contributed by atoms with E-state index in [-0.39, 0.29) is 29.4 Å². The molecule has 9 nitrogen and oxygen atoms in total. The number of amides is 1. The molecule has 0 saturated carbocycles. The first kappa shape index (κ1) is 17.8. The summed E-state index contributed by atoms with van der Waals surface area (Å²) in [5, 5.41) is 23.2. The van der Waals surface area contributed by atoms with Gasteiger partial charge in [-0.3, -0.25) is 14.9 Å². The Bertz CT molecular complexity index is 976. The number of hydrogen-bond acceptors (Lipinski definition) is 7. The first-order valence-electron chi connectivity index (χ1n) is 7.67. The molecule has 136 valence electrons. The van der Waals surface area contributed by atoms with Gasteiger partial charge in [0.05, 0.1) is 23.7 Å². The quantitative estimate of drug-likeness (QED) is 0.373. The molecule has 0 aliphatic carbocycles. The lowest BCUT2D eigenvalue weighted by Gasteiger charge is -2.06. The molecule has 27 heavy (non-hydrogen) atoms. The molecule has 0 unspecified atom stereocenters. The zero-order valence-electron chi connectivity index (χ0n) is 14.1. The molecule has 0 aromatic heterocycles. The molecule has 2 aromatic carbocycles. The fourth-order valence-corrected chi connectivity index (χ4v) is 2.40. The van der Waals surface area contributed by atoms with Crippen molar-refractivity contribution in [2.45, 2.75) is 0 Å². The van der Waals surface area contributed by atoms with Gasteiger partial charge in [0.25, 0.3) is 11.6 Å². The number of anilines is 1. The van der Waals surface area contributed by atoms with E-state index in [1.807, 2.05) is 0 Å². The second kappa shape index (κ2) is 7.45. The molecule has 0 saturated heterocycles. The van der Waals surface area contributed by atoms with E-state index < -0.39 is 10.8 Å². The van der Waals surface area contributed by atoms with Crippen LogP contribution < -0.4 is 19.5 Å². The van der Waals surface area contributed by atoms with Crippen LogP contribution in [-0.2, 0) is 4.79 Å². The summed E-state index contributed by atoms with van der Waals surface area (Å²) in [7, 11) is 1.52. The number of hydrogen-bond donors (Lipinski definition) is 1. The maximum absolute atomic E-state index is 12.4. The highest BCUT2D eigenvalue weighted by Crippen LogP contribution is 2.38. The third kappa shape index (κ3) is 3.80. The van der Waals surface area contributed by atoms with E-state index in [1.165, 1.54) is 19.2 Å². The van der Waals surface area contributed by atoms with E-state index >= 15 is 0 Å². The number of carbonyl (C=O) groups excluding carboxylic acids is 1. The maximum atomic E-state index is 12.4. The molecule has 9 heteroatoms. The van der Waals surface area contributed by atoms with Gasteiger partial charge >= 0.3 is 0 Å². The molecule has 1 aliphatic rings. The number of nitro benzene ring substituents is 1. The number of rotatable bonds is 5. The SMILES string of the molecule is COc1ccc(NC(=O)/C(C#N)=C/c2cc3c(cc2[N+](=O)[O-])OCO3)cc1. The van der Waals surface area contributed by atoms with Crippen LogP contribution in [0.4, 0.5) is 11.4 Å². The molecule has 0 radical (unpaired) electrons. The molecule has 0 atom stereocenters. The third-order valence-electron chi connectivity index (χ3n) is 3.73. The summed E-state index contributed by atoms with van der Waals surface area (Å²) in [6, 6.07) is 10.8. The standard InChI is InChI=1S/C18H13N3O6/c1-25-14-4-2-13(3-5-14)20-18(22)12(9-19)6-11-7-16-17(27-10-26-16)8-15(11)21(23)24/h2-8H,10H2,1H3,(H,20,22)/b12-6+. The van der Waals surface area contributed by atoms with Crippen LogP contribution in [0.2, 0.25) is 0 Å². The van der Waals surface area contributed by atoms with Crippen LogP contribution in [0.25, 0.3) is 6.08 Å². The number of nitro groups is 1. The molecule has 1 aliphatic heterocycles. The molecule has 1 N–H and O–H groups in total. The predicted molar refractivity (Wildman–Crippen MR) is 94.4 cm³/mol. The van der Waals surface area contributed by atoms with Crippen LogP contribution in [0.5, 0.6) is 17.2 Å². The summed E-state index contributed by atoms with van der Waals surface area (Å²) in [6.07, 6.45) is 1.14. The van der Waals surface area contributed by atoms with E-state index in [4.69, 9.17) is 14.2 Å². The first-order valence-corrected chi connectivity index (χ1v) is 7.67. The molecular formula is C18H13N3O6. The van der Waals surface area contributed by atoms with Gasteiger partial charge in [-0.1, -0.05) is 0 Å². The Morgan fingerprint density at radius 1 is 1.30 bits per heavy atom. The summed E-state index contributed by atoms with van der Waals surface area (Å²) < 4.78 is 15.3. The van der Waals surface area contributed by atoms with Gasteiger partial charge in [0.2, 0.25) is 6.79 Å². The highest BCUT2D eigenvalue weighted by atomic mass is 16.7. The monoisotopic (exact) mass is 367 g/mol. The first-order chi connectivity index (χ1) is 13.0. The Labute approximate surface area is 153 Å². The molecule has 0 spiro atoms. The minimum Gasteiger partial charge on any atom is -0.497 e. The fraction of sp³-hybridized carbons (Fsp3) is 0.111. The molecule has 2 aromatic rings. The Hall–Kier alpha value is -4.06. The zero-order chi connectivity index (χ0) is 19.4. The normalized spacial score (nSPS) is 12.2. The molecule has 0 fully saturated rings. The Morgan fingerprint density at radius 2 is 1.96 bits per heavy atom. The summed E-state index contributed by atoms with van der Waals surface area (Å²) >= 11 is 0. The van der Waals surface area contributed by atoms with E-state index in [2.05, 4.69) is 5.32 Å². The van der Waals surface area contributed by atoms with Crippen molar-refractivity contribution in [3.05, 3.63) is 57.6 Å². The highest BCUT2D eigenvalue weighted by Gasteiger charge is 2.23. The van der Waals surface area contributed by atoms with Crippen molar-refractivity contribution in [2.24, 2.45) is 0 Å². The molecule has 1 heterocycles. The molecule has 0 bridgehead atoms. The van der Waals surface area contributed by atoms with Gasteiger partial charge in [0.1, 0.15) is 17.4 Å². The molecule has 1 amide bonds. The minimum atomic E-state index is -0.699. The van der Waals surface area contributed by atoms with Gasteiger partial charge in [-0.05, 0) is 36.4 Å². The summed E-state index contributed by atoms with van der Waals surface area (Å²) in [4.78, 5) is 23.0. The van der Waals surface area contributed by atoms with Crippen LogP contribution in [0.1, 0.15) is 5.56 Å². The number of methoxy groups -OCH3 is 1. The van der Waals surface area contributed by atoms with Crippen molar-refractivity contribution in [3.63, 3.8) is 0 Å². The lowest BCUT2D eigenvalue weighted by atomic mass is 10.1. The number of nitrogens with one attached hydrogen (secondary N) is 1. The van der Waals surface area contributed by atoms with Gasteiger partial charge in [-0.15, -0.1) is 0 Å². The molecule has 3 rings (SSSR count). The van der Waals surface area contributed by atoms with Crippen molar-refractivity contribution in [2.75, 3.05) is 19.2 Å². The lowest BCUT2D eigenvalue weighted by Crippen LogP contribution is -2.13. The average molecular weight is 367 g/mol. The Kier molecular flexibility index (Phi) is 4.90. The summed E-state index contributed by atoms with van der Waals surface area (Å²) in [6.45, 7) is -0.0529. The van der Waals surface area contributed by atoms with E-state index in [9.17, 15) is 20.2 Å². The smallest absolute Gasteiger partial charge is 0.280 e. The highest BCUT2D eigenvalue weighted by molar-refractivity contribution is 6.10. The van der Waals surface area contributed by atoms with Crippen molar-refractivity contribution >= 4 is 23.4 Å². The van der Waals surface area contributed by atoms with Crippen LogP contribution in [-0.4, -0.2) is 24.7 Å². The van der Waals surface area contributed by atoms with Gasteiger partial charge in [0.15, 0.2) is 11.5 Å². The van der Waals surface area contributed by atoms with Gasteiger partial charge < -0.3 is 19.5 Å². The second-order valence-electron chi connectivity index (χ2n) is 5.37. The summed E-state index contributed by atoms with van der Waals surface area (Å²) in [5.41, 5.74) is -0.0927. The van der Waals surface area contributed by atoms with Crippen LogP contribution in [0.15, 0.2) is 42.0 Å². The van der Waals surface area contributed by atoms with Gasteiger partial charge in [-0.25, -0.2) is 0 Å². The van der Waals surface area contributed by atoms with Crippen LogP contribution in [0.3, 0.4) is 0 Å². The maximum Gasteiger partial charge on any atom is 0.280 e. The van der Waals surface area contributed by atoms with Gasteiger partial charge in [0, 0.05) is 5.69 Å². The van der Waals surface area contributed by atoms with Crippen LogP contribution >= 0.6 is 0 Å². The third-order valence-corrected chi connectivity index (χ3v) is 3.73. The summed E-state index contributed by atoms with van der Waals surface area (Å²) in [5.74, 6) is 0.453.